The monoisotopic (exact) mass is 385 g/mol. The second-order valence-corrected chi connectivity index (χ2v) is 7.19. The molecule has 1 aromatic carbocycles. The first kappa shape index (κ1) is 17.2. The number of pyridine rings is 1. The number of carbonyl (C=O) groups is 1. The summed E-state index contributed by atoms with van der Waals surface area (Å²) in [7, 11) is 0. The first-order chi connectivity index (χ1) is 14.1. The number of hydrogen-bond donors (Lipinski definition) is 3. The van der Waals surface area contributed by atoms with E-state index in [1.54, 1.807) is 29.3 Å². The van der Waals surface area contributed by atoms with E-state index in [1.165, 1.54) is 0 Å². The van der Waals surface area contributed by atoms with Crippen LogP contribution < -0.4 is 5.32 Å². The molecule has 0 fully saturated rings. The van der Waals surface area contributed by atoms with Crippen LogP contribution in [-0.4, -0.2) is 35.9 Å². The molecule has 0 bridgehead atoms. The van der Waals surface area contributed by atoms with E-state index in [0.717, 1.165) is 32.9 Å². The Balaban J connectivity index is 1.61. The van der Waals surface area contributed by atoms with Crippen LogP contribution in [0.1, 0.15) is 30.4 Å². The molecule has 8 heteroatoms. The highest BCUT2D eigenvalue weighted by Crippen LogP contribution is 2.33. The normalized spacial score (nSPS) is 11.6. The largest absolute Gasteiger partial charge is 0.360 e. The molecule has 0 unspecified atom stereocenters. The Morgan fingerprint density at radius 1 is 1.10 bits per heavy atom. The third kappa shape index (κ3) is 2.85. The van der Waals surface area contributed by atoms with Crippen LogP contribution in [0.3, 0.4) is 0 Å². The summed E-state index contributed by atoms with van der Waals surface area (Å²) in [6.45, 7) is 3.98. The molecule has 8 nitrogen and oxygen atoms in total. The standard InChI is InChI=1S/C21H19N7O/c1-12(2)28-20(4-6-25-28)21(29)26-17-7-13(8-18-16(17)10-24-27-18)15-9-22-11-19-14(15)3-5-23-19/h3-12,23H,1-2H3,(H,24,27)(H,26,29). The van der Waals surface area contributed by atoms with Gasteiger partial charge in [0.05, 0.1) is 29.1 Å². The van der Waals surface area contributed by atoms with Crippen LogP contribution in [0, 0.1) is 0 Å². The second-order valence-electron chi connectivity index (χ2n) is 7.19. The van der Waals surface area contributed by atoms with Crippen LogP contribution in [0.5, 0.6) is 0 Å². The van der Waals surface area contributed by atoms with Gasteiger partial charge in [0.2, 0.25) is 0 Å². The van der Waals surface area contributed by atoms with Crippen molar-refractivity contribution >= 4 is 33.4 Å². The summed E-state index contributed by atoms with van der Waals surface area (Å²) in [6, 6.07) is 7.79. The number of H-pyrrole nitrogens is 2. The number of nitrogens with zero attached hydrogens (tertiary/aromatic N) is 4. The maximum Gasteiger partial charge on any atom is 0.273 e. The molecule has 5 rings (SSSR count). The number of aromatic amines is 2. The first-order valence-electron chi connectivity index (χ1n) is 9.35. The highest BCUT2D eigenvalue weighted by Gasteiger charge is 2.17. The molecule has 0 radical (unpaired) electrons. The fraction of sp³-hybridized carbons (Fsp3) is 0.143. The number of anilines is 1. The molecule has 0 aliphatic heterocycles. The van der Waals surface area contributed by atoms with Crippen molar-refractivity contribution < 1.29 is 4.79 Å². The Bertz CT molecular complexity index is 1340. The van der Waals surface area contributed by atoms with Gasteiger partial charge in [-0.05, 0) is 43.7 Å². The smallest absolute Gasteiger partial charge is 0.273 e. The molecule has 0 saturated heterocycles. The van der Waals surface area contributed by atoms with Crippen molar-refractivity contribution in [3.8, 4) is 11.1 Å². The highest BCUT2D eigenvalue weighted by molar-refractivity contribution is 6.09. The van der Waals surface area contributed by atoms with Gasteiger partial charge >= 0.3 is 0 Å². The van der Waals surface area contributed by atoms with Crippen LogP contribution in [0.2, 0.25) is 0 Å². The van der Waals surface area contributed by atoms with Gasteiger partial charge in [0.25, 0.3) is 5.91 Å². The lowest BCUT2D eigenvalue weighted by Gasteiger charge is -2.13. The average molecular weight is 385 g/mol. The Hall–Kier alpha value is -3.94. The van der Waals surface area contributed by atoms with Gasteiger partial charge in [-0.3, -0.25) is 19.6 Å². The summed E-state index contributed by atoms with van der Waals surface area (Å²) in [5.74, 6) is -0.214. The summed E-state index contributed by atoms with van der Waals surface area (Å²) in [5, 5.41) is 16.3. The van der Waals surface area contributed by atoms with Gasteiger partial charge in [-0.15, -0.1) is 0 Å². The molecule has 5 aromatic rings. The van der Waals surface area contributed by atoms with E-state index >= 15 is 0 Å². The molecule has 0 atom stereocenters. The van der Waals surface area contributed by atoms with Gasteiger partial charge in [-0.2, -0.15) is 10.2 Å². The predicted octanol–water partition coefficient (Wildman–Crippen LogP) is 4.14. The second kappa shape index (κ2) is 6.59. The molecule has 0 spiro atoms. The van der Waals surface area contributed by atoms with Gasteiger partial charge in [-0.25, -0.2) is 0 Å². The molecule has 1 amide bonds. The molecule has 4 heterocycles. The van der Waals surface area contributed by atoms with Crippen molar-refractivity contribution in [3.05, 3.63) is 60.9 Å². The zero-order valence-electron chi connectivity index (χ0n) is 16.0. The van der Waals surface area contributed by atoms with Crippen LogP contribution in [-0.2, 0) is 0 Å². The number of rotatable bonds is 4. The maximum atomic E-state index is 13.0. The number of carbonyl (C=O) groups excluding carboxylic acids is 1. The van der Waals surface area contributed by atoms with Crippen LogP contribution >= 0.6 is 0 Å². The summed E-state index contributed by atoms with van der Waals surface area (Å²) in [6.07, 6.45) is 8.86. The SMILES string of the molecule is CC(C)n1nccc1C(=O)Nc1cc(-c2cncc3[nH]ccc23)cc2[nH]ncc12. The quantitative estimate of drug-likeness (QED) is 0.432. The Morgan fingerprint density at radius 3 is 2.86 bits per heavy atom. The van der Waals surface area contributed by atoms with Crippen molar-refractivity contribution in [1.29, 1.82) is 0 Å². The summed E-state index contributed by atoms with van der Waals surface area (Å²) in [5.41, 5.74) is 4.90. The number of amides is 1. The minimum absolute atomic E-state index is 0.0864. The van der Waals surface area contributed by atoms with Crippen LogP contribution in [0.15, 0.2) is 55.2 Å². The van der Waals surface area contributed by atoms with Gasteiger partial charge in [-0.1, -0.05) is 0 Å². The minimum Gasteiger partial charge on any atom is -0.360 e. The van der Waals surface area contributed by atoms with E-state index in [1.807, 2.05) is 44.4 Å². The van der Waals surface area contributed by atoms with Crippen molar-refractivity contribution in [3.63, 3.8) is 0 Å². The van der Waals surface area contributed by atoms with Crippen molar-refractivity contribution in [1.82, 2.24) is 29.9 Å². The van der Waals surface area contributed by atoms with E-state index in [9.17, 15) is 4.79 Å². The van der Waals surface area contributed by atoms with E-state index < -0.39 is 0 Å². The number of fused-ring (bicyclic) bond motifs is 2. The van der Waals surface area contributed by atoms with Crippen molar-refractivity contribution in [2.24, 2.45) is 0 Å². The number of aromatic nitrogens is 6. The van der Waals surface area contributed by atoms with Gasteiger partial charge in [0.15, 0.2) is 0 Å². The number of hydrogen-bond acceptors (Lipinski definition) is 4. The average Bonchev–Trinajstić information content (AvgIpc) is 3.46. The van der Waals surface area contributed by atoms with Crippen LogP contribution in [0.4, 0.5) is 5.69 Å². The highest BCUT2D eigenvalue weighted by atomic mass is 16.2. The van der Waals surface area contributed by atoms with E-state index in [2.05, 4.69) is 30.6 Å². The van der Waals surface area contributed by atoms with E-state index in [-0.39, 0.29) is 11.9 Å². The molecule has 29 heavy (non-hydrogen) atoms. The topological polar surface area (TPSA) is 104 Å². The minimum atomic E-state index is -0.214. The summed E-state index contributed by atoms with van der Waals surface area (Å²) in [4.78, 5) is 20.5. The summed E-state index contributed by atoms with van der Waals surface area (Å²) < 4.78 is 1.70. The molecule has 0 aliphatic rings. The summed E-state index contributed by atoms with van der Waals surface area (Å²) >= 11 is 0. The first-order valence-corrected chi connectivity index (χ1v) is 9.35. The van der Waals surface area contributed by atoms with Crippen molar-refractivity contribution in [2.75, 3.05) is 5.32 Å². The number of nitrogens with one attached hydrogen (secondary N) is 3. The van der Waals surface area contributed by atoms with Crippen LogP contribution in [0.25, 0.3) is 32.9 Å². The van der Waals surface area contributed by atoms with E-state index in [0.29, 0.717) is 11.4 Å². The molecule has 144 valence electrons. The Labute approximate surface area is 166 Å². The van der Waals surface area contributed by atoms with Gasteiger partial charge in [0, 0.05) is 41.0 Å². The maximum absolute atomic E-state index is 13.0. The fourth-order valence-corrected chi connectivity index (χ4v) is 3.61. The lowest BCUT2D eigenvalue weighted by atomic mass is 10.0. The fourth-order valence-electron chi connectivity index (χ4n) is 3.61. The lowest BCUT2D eigenvalue weighted by molar-refractivity contribution is 0.101. The zero-order chi connectivity index (χ0) is 20.0. The molecule has 4 aromatic heterocycles. The predicted molar refractivity (Wildman–Crippen MR) is 112 cm³/mol. The molecule has 0 saturated carbocycles. The Morgan fingerprint density at radius 2 is 2.00 bits per heavy atom. The molecular formula is C21H19N7O. The molecule has 3 N–H and O–H groups in total. The van der Waals surface area contributed by atoms with Crippen molar-refractivity contribution in [2.45, 2.75) is 19.9 Å². The third-order valence-electron chi connectivity index (χ3n) is 4.99. The Kier molecular flexibility index (Phi) is 3.90. The van der Waals surface area contributed by atoms with E-state index in [4.69, 9.17) is 0 Å². The molecule has 0 aliphatic carbocycles. The molecular weight excluding hydrogens is 366 g/mol. The van der Waals surface area contributed by atoms with Gasteiger partial charge < -0.3 is 10.3 Å². The number of benzene rings is 1. The zero-order valence-corrected chi connectivity index (χ0v) is 16.0. The van der Waals surface area contributed by atoms with Gasteiger partial charge in [0.1, 0.15) is 5.69 Å². The third-order valence-corrected chi connectivity index (χ3v) is 4.99. The lowest BCUT2D eigenvalue weighted by Crippen LogP contribution is -2.19.